The van der Waals surface area contributed by atoms with Gasteiger partial charge in [-0.25, -0.2) is 0 Å². The van der Waals surface area contributed by atoms with Crippen LogP contribution in [0, 0.1) is 0 Å². The van der Waals surface area contributed by atoms with Crippen LogP contribution in [0.2, 0.25) is 0 Å². The van der Waals surface area contributed by atoms with Gasteiger partial charge in [0.25, 0.3) is 0 Å². The summed E-state index contributed by atoms with van der Waals surface area (Å²) in [5.74, 6) is 0.0321. The summed E-state index contributed by atoms with van der Waals surface area (Å²) in [6.07, 6.45) is 5.50. The Bertz CT molecular complexity index is 475. The summed E-state index contributed by atoms with van der Waals surface area (Å²) in [7, 11) is 0. The van der Waals surface area contributed by atoms with Crippen molar-refractivity contribution in [2.75, 3.05) is 30.4 Å². The smallest absolute Gasteiger partial charge is 0.245 e. The molecule has 2 aliphatic rings. The number of morpholine rings is 1. The van der Waals surface area contributed by atoms with Crippen LogP contribution >= 0.6 is 0 Å². The van der Waals surface area contributed by atoms with E-state index in [0.717, 1.165) is 18.5 Å². The number of nitrogen functional groups attached to an aromatic ring is 1. The number of carbonyl (C=O) groups is 1. The highest BCUT2D eigenvalue weighted by molar-refractivity contribution is 5.86. The minimum Gasteiger partial charge on any atom is -0.397 e. The van der Waals surface area contributed by atoms with Crippen molar-refractivity contribution in [1.82, 2.24) is 10.3 Å². The molecule has 1 aromatic rings. The van der Waals surface area contributed by atoms with Crippen molar-refractivity contribution in [3.05, 3.63) is 18.5 Å². The van der Waals surface area contributed by atoms with E-state index in [4.69, 9.17) is 10.5 Å². The number of hydrogen-bond donors (Lipinski definition) is 2. The van der Waals surface area contributed by atoms with Gasteiger partial charge in [0.15, 0.2) is 0 Å². The zero-order valence-electron chi connectivity index (χ0n) is 10.7. The second kappa shape index (κ2) is 5.05. The van der Waals surface area contributed by atoms with Crippen molar-refractivity contribution in [3.8, 4) is 0 Å². The standard InChI is InChI=1S/C13H18N4O2/c14-9-5-11(7-15-6-9)17-3-4-19-8-12(17)13(18)16-10-1-2-10/h5-7,10,12H,1-4,8,14H2,(H,16,18). The highest BCUT2D eigenvalue weighted by atomic mass is 16.5. The van der Waals surface area contributed by atoms with Crippen LogP contribution in [0.25, 0.3) is 0 Å². The third-order valence-corrected chi connectivity index (χ3v) is 3.43. The molecule has 1 unspecified atom stereocenters. The Morgan fingerprint density at radius 3 is 3.05 bits per heavy atom. The molecule has 1 aliphatic heterocycles. The minimum atomic E-state index is -0.294. The number of nitrogens with two attached hydrogens (primary N) is 1. The number of ether oxygens (including phenoxy) is 1. The first kappa shape index (κ1) is 12.2. The Labute approximate surface area is 111 Å². The van der Waals surface area contributed by atoms with Gasteiger partial charge in [-0.05, 0) is 18.9 Å². The predicted molar refractivity (Wildman–Crippen MR) is 71.8 cm³/mol. The van der Waals surface area contributed by atoms with Gasteiger partial charge in [-0.15, -0.1) is 0 Å². The molecular weight excluding hydrogens is 244 g/mol. The lowest BCUT2D eigenvalue weighted by Crippen LogP contribution is -2.54. The van der Waals surface area contributed by atoms with Crippen LogP contribution in [0.5, 0.6) is 0 Å². The van der Waals surface area contributed by atoms with Crippen molar-refractivity contribution in [3.63, 3.8) is 0 Å². The third-order valence-electron chi connectivity index (χ3n) is 3.43. The van der Waals surface area contributed by atoms with Gasteiger partial charge >= 0.3 is 0 Å². The van der Waals surface area contributed by atoms with Crippen LogP contribution in [0.4, 0.5) is 11.4 Å². The molecule has 1 aliphatic carbocycles. The molecule has 0 aromatic carbocycles. The molecule has 1 aromatic heterocycles. The summed E-state index contributed by atoms with van der Waals surface area (Å²) in [5, 5.41) is 3.03. The molecule has 6 heteroatoms. The largest absolute Gasteiger partial charge is 0.397 e. The quantitative estimate of drug-likeness (QED) is 0.810. The first-order valence-corrected chi connectivity index (χ1v) is 6.59. The Balaban J connectivity index is 1.77. The molecule has 19 heavy (non-hydrogen) atoms. The van der Waals surface area contributed by atoms with E-state index in [0.29, 0.717) is 31.5 Å². The van der Waals surface area contributed by atoms with Crippen LogP contribution in [-0.4, -0.2) is 42.7 Å². The van der Waals surface area contributed by atoms with Crippen LogP contribution in [0.1, 0.15) is 12.8 Å². The predicted octanol–water partition coefficient (Wildman–Crippen LogP) is 0.148. The summed E-state index contributed by atoms with van der Waals surface area (Å²) >= 11 is 0. The molecule has 2 heterocycles. The van der Waals surface area contributed by atoms with E-state index in [2.05, 4.69) is 10.3 Å². The van der Waals surface area contributed by atoms with Crippen LogP contribution < -0.4 is 16.0 Å². The Hall–Kier alpha value is -1.82. The maximum atomic E-state index is 12.2. The molecule has 1 amide bonds. The maximum Gasteiger partial charge on any atom is 0.245 e. The van der Waals surface area contributed by atoms with Gasteiger partial charge < -0.3 is 20.7 Å². The number of nitrogens with zero attached hydrogens (tertiary/aromatic N) is 2. The minimum absolute atomic E-state index is 0.0321. The van der Waals surface area contributed by atoms with Crippen molar-refractivity contribution >= 4 is 17.3 Å². The Morgan fingerprint density at radius 1 is 1.47 bits per heavy atom. The summed E-state index contributed by atoms with van der Waals surface area (Å²) in [6.45, 7) is 1.70. The molecule has 1 atom stereocenters. The van der Waals surface area contributed by atoms with Crippen molar-refractivity contribution < 1.29 is 9.53 Å². The molecular formula is C13H18N4O2. The molecule has 6 nitrogen and oxygen atoms in total. The molecule has 0 radical (unpaired) electrons. The monoisotopic (exact) mass is 262 g/mol. The summed E-state index contributed by atoms with van der Waals surface area (Å²) in [5.41, 5.74) is 7.23. The summed E-state index contributed by atoms with van der Waals surface area (Å²) < 4.78 is 5.43. The lowest BCUT2D eigenvalue weighted by molar-refractivity contribution is -0.124. The van der Waals surface area contributed by atoms with E-state index in [1.807, 2.05) is 11.0 Å². The Morgan fingerprint density at radius 2 is 2.32 bits per heavy atom. The molecule has 3 N–H and O–H groups in total. The van der Waals surface area contributed by atoms with Crippen LogP contribution in [0.15, 0.2) is 18.5 Å². The van der Waals surface area contributed by atoms with E-state index in [1.165, 1.54) is 0 Å². The average molecular weight is 262 g/mol. The van der Waals surface area contributed by atoms with Gasteiger partial charge in [0, 0.05) is 18.8 Å². The fourth-order valence-corrected chi connectivity index (χ4v) is 2.26. The lowest BCUT2D eigenvalue weighted by Gasteiger charge is -2.36. The fraction of sp³-hybridized carbons (Fsp3) is 0.538. The molecule has 1 saturated heterocycles. The zero-order chi connectivity index (χ0) is 13.2. The Kier molecular flexibility index (Phi) is 3.25. The van der Waals surface area contributed by atoms with Crippen molar-refractivity contribution in [2.24, 2.45) is 0 Å². The zero-order valence-corrected chi connectivity index (χ0v) is 10.7. The number of aromatic nitrogens is 1. The van der Waals surface area contributed by atoms with Crippen molar-refractivity contribution in [1.29, 1.82) is 0 Å². The SMILES string of the molecule is Nc1cncc(N2CCOCC2C(=O)NC2CC2)c1. The molecule has 3 rings (SSSR count). The first-order valence-electron chi connectivity index (χ1n) is 6.59. The second-order valence-electron chi connectivity index (χ2n) is 5.04. The van der Waals surface area contributed by atoms with E-state index < -0.39 is 0 Å². The number of anilines is 2. The number of rotatable bonds is 3. The van der Waals surface area contributed by atoms with Gasteiger partial charge in [0.2, 0.25) is 5.91 Å². The third kappa shape index (κ3) is 2.78. The number of pyridine rings is 1. The highest BCUT2D eigenvalue weighted by Gasteiger charge is 2.33. The second-order valence-corrected chi connectivity index (χ2v) is 5.04. The first-order chi connectivity index (χ1) is 9.24. The van der Waals surface area contributed by atoms with Gasteiger partial charge in [-0.1, -0.05) is 0 Å². The number of hydrogen-bond acceptors (Lipinski definition) is 5. The van der Waals surface area contributed by atoms with Gasteiger partial charge in [0.1, 0.15) is 6.04 Å². The molecule has 102 valence electrons. The normalized spacial score (nSPS) is 23.2. The van der Waals surface area contributed by atoms with E-state index in [1.54, 1.807) is 12.4 Å². The molecule has 1 saturated carbocycles. The van der Waals surface area contributed by atoms with Gasteiger partial charge in [0.05, 0.1) is 30.8 Å². The van der Waals surface area contributed by atoms with E-state index >= 15 is 0 Å². The van der Waals surface area contributed by atoms with Gasteiger partial charge in [-0.2, -0.15) is 0 Å². The van der Waals surface area contributed by atoms with E-state index in [9.17, 15) is 4.79 Å². The number of carbonyl (C=O) groups excluding carboxylic acids is 1. The summed E-state index contributed by atoms with van der Waals surface area (Å²) in [4.78, 5) is 18.3. The van der Waals surface area contributed by atoms with Gasteiger partial charge in [-0.3, -0.25) is 9.78 Å². The average Bonchev–Trinajstić information content (AvgIpc) is 3.23. The fourth-order valence-electron chi connectivity index (χ4n) is 2.26. The number of amides is 1. The molecule has 0 bridgehead atoms. The maximum absolute atomic E-state index is 12.2. The molecule has 0 spiro atoms. The van der Waals surface area contributed by atoms with Crippen molar-refractivity contribution in [2.45, 2.75) is 24.9 Å². The topological polar surface area (TPSA) is 80.5 Å². The summed E-state index contributed by atoms with van der Waals surface area (Å²) in [6, 6.07) is 1.91. The van der Waals surface area contributed by atoms with E-state index in [-0.39, 0.29) is 11.9 Å². The van der Waals surface area contributed by atoms with Crippen LogP contribution in [0.3, 0.4) is 0 Å². The highest BCUT2D eigenvalue weighted by Crippen LogP contribution is 2.23. The van der Waals surface area contributed by atoms with Crippen LogP contribution in [-0.2, 0) is 9.53 Å². The lowest BCUT2D eigenvalue weighted by atomic mass is 10.2. The number of nitrogens with one attached hydrogen (secondary N) is 1. The molecule has 2 fully saturated rings.